The zero-order valence-corrected chi connectivity index (χ0v) is 9.74. The third-order valence-corrected chi connectivity index (χ3v) is 2.61. The van der Waals surface area contributed by atoms with E-state index in [1.165, 1.54) is 18.2 Å². The number of hydrogen-bond acceptors (Lipinski definition) is 4. The van der Waals surface area contributed by atoms with Gasteiger partial charge < -0.3 is 10.0 Å². The Labute approximate surface area is 105 Å². The minimum atomic E-state index is -0.230. The summed E-state index contributed by atoms with van der Waals surface area (Å²) in [4.78, 5) is 24.8. The molecule has 0 heterocycles. The van der Waals surface area contributed by atoms with Gasteiger partial charge in [-0.25, -0.2) is 0 Å². The molecule has 0 fully saturated rings. The van der Waals surface area contributed by atoms with Crippen LogP contribution in [-0.4, -0.2) is 29.8 Å². The van der Waals surface area contributed by atoms with Crippen LogP contribution in [0.15, 0.2) is 54.3 Å². The lowest BCUT2D eigenvalue weighted by atomic mass is 10.1. The molecule has 0 atom stereocenters. The zero-order chi connectivity index (χ0) is 13.0. The second-order valence-corrected chi connectivity index (χ2v) is 3.84. The van der Waals surface area contributed by atoms with Crippen molar-refractivity contribution in [1.29, 1.82) is 0 Å². The summed E-state index contributed by atoms with van der Waals surface area (Å²) in [5, 5.41) is 9.10. The predicted octanol–water partition coefficient (Wildman–Crippen LogP) is 1.08. The molecule has 4 heteroatoms. The molecule has 0 saturated carbocycles. The molecular formula is C14H13NO3. The predicted molar refractivity (Wildman–Crippen MR) is 68.1 cm³/mol. The molecule has 2 rings (SSSR count). The van der Waals surface area contributed by atoms with Crippen molar-refractivity contribution in [2.45, 2.75) is 0 Å². The number of carbonyl (C=O) groups is 2. The average Bonchev–Trinajstić information content (AvgIpc) is 2.40. The maximum atomic E-state index is 11.8. The van der Waals surface area contributed by atoms with Crippen LogP contribution < -0.4 is 4.90 Å². The third-order valence-electron chi connectivity index (χ3n) is 2.61. The molecule has 0 radical (unpaired) electrons. The van der Waals surface area contributed by atoms with E-state index in [4.69, 9.17) is 5.11 Å². The van der Waals surface area contributed by atoms with Crippen LogP contribution in [0.5, 0.6) is 0 Å². The van der Waals surface area contributed by atoms with Crippen molar-refractivity contribution in [3.05, 3.63) is 54.3 Å². The first kappa shape index (κ1) is 12.3. The van der Waals surface area contributed by atoms with Gasteiger partial charge in [0.2, 0.25) is 5.78 Å². The Hall–Kier alpha value is -2.20. The molecule has 1 aromatic carbocycles. The lowest BCUT2D eigenvalue weighted by Crippen LogP contribution is -2.31. The van der Waals surface area contributed by atoms with Crippen molar-refractivity contribution in [2.24, 2.45) is 0 Å². The normalized spacial score (nSPS) is 14.6. The topological polar surface area (TPSA) is 57.6 Å². The molecule has 18 heavy (non-hydrogen) atoms. The van der Waals surface area contributed by atoms with E-state index in [9.17, 15) is 9.59 Å². The van der Waals surface area contributed by atoms with Gasteiger partial charge in [-0.2, -0.15) is 0 Å². The standard InChI is InChI=1S/C14H13NO3/c16-9-8-15(11-4-2-1-3-5-11)13-10-12(17)6-7-14(13)18/h1-7,10,16H,8-9H2. The van der Waals surface area contributed by atoms with E-state index < -0.39 is 0 Å². The Balaban J connectivity index is 2.37. The molecule has 1 N–H and O–H groups in total. The molecule has 0 aromatic heterocycles. The van der Waals surface area contributed by atoms with Gasteiger partial charge in [0, 0.05) is 18.3 Å². The fourth-order valence-electron chi connectivity index (χ4n) is 1.80. The molecule has 4 nitrogen and oxygen atoms in total. The first-order valence-electron chi connectivity index (χ1n) is 5.64. The van der Waals surface area contributed by atoms with Crippen LogP contribution in [0.25, 0.3) is 0 Å². The molecule has 92 valence electrons. The van der Waals surface area contributed by atoms with Crippen LogP contribution in [0, 0.1) is 0 Å². The molecule has 0 saturated heterocycles. The molecule has 0 bridgehead atoms. The summed E-state index contributed by atoms with van der Waals surface area (Å²) in [6, 6.07) is 9.19. The van der Waals surface area contributed by atoms with Crippen LogP contribution in [0.4, 0.5) is 5.69 Å². The molecule has 0 unspecified atom stereocenters. The van der Waals surface area contributed by atoms with E-state index in [0.717, 1.165) is 5.69 Å². The third kappa shape index (κ3) is 2.55. The summed E-state index contributed by atoms with van der Waals surface area (Å²) in [7, 11) is 0. The molecule has 1 aromatic rings. The average molecular weight is 243 g/mol. The summed E-state index contributed by atoms with van der Waals surface area (Å²) in [6.45, 7) is 0.167. The number of benzene rings is 1. The van der Waals surface area contributed by atoms with E-state index in [0.29, 0.717) is 5.70 Å². The second kappa shape index (κ2) is 5.42. The number of hydrogen-bond donors (Lipinski definition) is 1. The van der Waals surface area contributed by atoms with Crippen LogP contribution in [0.3, 0.4) is 0 Å². The lowest BCUT2D eigenvalue weighted by Gasteiger charge is -2.26. The number of aliphatic hydroxyl groups excluding tert-OH is 1. The van der Waals surface area contributed by atoms with Crippen LogP contribution in [-0.2, 0) is 9.59 Å². The molecular weight excluding hydrogens is 230 g/mol. The number of para-hydroxylation sites is 1. The Morgan fingerprint density at radius 2 is 1.78 bits per heavy atom. The van der Waals surface area contributed by atoms with Crippen molar-refractivity contribution < 1.29 is 14.7 Å². The summed E-state index contributed by atoms with van der Waals surface area (Å²) in [5.74, 6) is -0.449. The minimum Gasteiger partial charge on any atom is -0.395 e. The van der Waals surface area contributed by atoms with Crippen molar-refractivity contribution in [3.63, 3.8) is 0 Å². The number of aliphatic hydroxyl groups is 1. The maximum Gasteiger partial charge on any atom is 0.202 e. The second-order valence-electron chi connectivity index (χ2n) is 3.84. The first-order chi connectivity index (χ1) is 8.72. The van der Waals surface area contributed by atoms with Gasteiger partial charge >= 0.3 is 0 Å². The SMILES string of the molecule is O=C1C=CC(=O)C(N(CCO)c2ccccc2)=C1. The van der Waals surface area contributed by atoms with Gasteiger partial charge in [-0.15, -0.1) is 0 Å². The fourth-order valence-corrected chi connectivity index (χ4v) is 1.80. The summed E-state index contributed by atoms with van der Waals surface area (Å²) < 4.78 is 0. The Morgan fingerprint density at radius 3 is 2.44 bits per heavy atom. The number of rotatable bonds is 4. The van der Waals surface area contributed by atoms with Gasteiger partial charge in [0.15, 0.2) is 5.78 Å². The van der Waals surface area contributed by atoms with E-state index in [-0.39, 0.29) is 24.7 Å². The van der Waals surface area contributed by atoms with E-state index in [2.05, 4.69) is 0 Å². The highest BCUT2D eigenvalue weighted by molar-refractivity contribution is 6.18. The molecule has 0 spiro atoms. The highest BCUT2D eigenvalue weighted by Gasteiger charge is 2.20. The largest absolute Gasteiger partial charge is 0.395 e. The number of carbonyl (C=O) groups excluding carboxylic acids is 2. The number of nitrogens with zero attached hydrogens (tertiary/aromatic N) is 1. The van der Waals surface area contributed by atoms with Gasteiger partial charge in [0.1, 0.15) is 0 Å². The fraction of sp³-hybridized carbons (Fsp3) is 0.143. The molecule has 0 aliphatic heterocycles. The Kier molecular flexibility index (Phi) is 3.69. The first-order valence-corrected chi connectivity index (χ1v) is 5.64. The molecule has 0 amide bonds. The molecule has 1 aliphatic rings. The smallest absolute Gasteiger partial charge is 0.202 e. The van der Waals surface area contributed by atoms with Crippen molar-refractivity contribution in [3.8, 4) is 0 Å². The Morgan fingerprint density at radius 1 is 1.06 bits per heavy atom. The van der Waals surface area contributed by atoms with Crippen molar-refractivity contribution in [1.82, 2.24) is 0 Å². The summed E-state index contributed by atoms with van der Waals surface area (Å²) >= 11 is 0. The monoisotopic (exact) mass is 243 g/mol. The maximum absolute atomic E-state index is 11.8. The van der Waals surface area contributed by atoms with Gasteiger partial charge in [-0.05, 0) is 24.3 Å². The van der Waals surface area contributed by atoms with E-state index >= 15 is 0 Å². The van der Waals surface area contributed by atoms with Crippen molar-refractivity contribution >= 4 is 17.3 Å². The van der Waals surface area contributed by atoms with Crippen molar-refractivity contribution in [2.75, 3.05) is 18.1 Å². The van der Waals surface area contributed by atoms with Crippen LogP contribution in [0.1, 0.15) is 0 Å². The van der Waals surface area contributed by atoms with Gasteiger partial charge in [-0.1, -0.05) is 18.2 Å². The number of allylic oxidation sites excluding steroid dienone is 3. The van der Waals surface area contributed by atoms with Gasteiger partial charge in [0.25, 0.3) is 0 Å². The quantitative estimate of drug-likeness (QED) is 0.804. The van der Waals surface area contributed by atoms with Crippen LogP contribution in [0.2, 0.25) is 0 Å². The number of anilines is 1. The lowest BCUT2D eigenvalue weighted by molar-refractivity contribution is -0.114. The summed E-state index contributed by atoms with van der Waals surface area (Å²) in [6.07, 6.45) is 3.80. The van der Waals surface area contributed by atoms with Gasteiger partial charge in [-0.3, -0.25) is 9.59 Å². The van der Waals surface area contributed by atoms with Gasteiger partial charge in [0.05, 0.1) is 12.3 Å². The zero-order valence-electron chi connectivity index (χ0n) is 9.74. The number of ketones is 2. The van der Waals surface area contributed by atoms with Crippen LogP contribution >= 0.6 is 0 Å². The highest BCUT2D eigenvalue weighted by atomic mass is 16.3. The summed E-state index contributed by atoms with van der Waals surface area (Å²) in [5.41, 5.74) is 1.07. The minimum absolute atomic E-state index is 0.0998. The Bertz CT molecular complexity index is 517. The van der Waals surface area contributed by atoms with E-state index in [1.54, 1.807) is 4.90 Å². The van der Waals surface area contributed by atoms with E-state index in [1.807, 2.05) is 30.3 Å². The highest BCUT2D eigenvalue weighted by Crippen LogP contribution is 2.20. The molecule has 1 aliphatic carbocycles.